The number of hydrogen-bond donors (Lipinski definition) is 1. The van der Waals surface area contributed by atoms with Crippen LogP contribution in [0.3, 0.4) is 0 Å². The first-order valence-electron chi connectivity index (χ1n) is 5.28. The van der Waals surface area contributed by atoms with E-state index in [2.05, 4.69) is 10.3 Å². The fourth-order valence-electron chi connectivity index (χ4n) is 1.74. The van der Waals surface area contributed by atoms with E-state index in [9.17, 15) is 0 Å². The molecule has 1 N–H and O–H groups in total. The van der Waals surface area contributed by atoms with E-state index in [1.807, 2.05) is 12.1 Å². The van der Waals surface area contributed by atoms with Crippen molar-refractivity contribution in [1.82, 2.24) is 4.98 Å². The molecular weight excluding hydrogens is 212 g/mol. The number of rotatable bonds is 4. The van der Waals surface area contributed by atoms with Crippen LogP contribution >= 0.6 is 11.6 Å². The Balaban J connectivity index is 1.73. The first-order valence-corrected chi connectivity index (χ1v) is 5.65. The molecule has 0 radical (unpaired) electrons. The summed E-state index contributed by atoms with van der Waals surface area (Å²) in [6.45, 7) is 2.80. The number of pyridine rings is 1. The average molecular weight is 227 g/mol. The van der Waals surface area contributed by atoms with Crippen molar-refractivity contribution in [1.29, 1.82) is 0 Å². The van der Waals surface area contributed by atoms with E-state index in [1.165, 1.54) is 6.42 Å². The van der Waals surface area contributed by atoms with Crippen molar-refractivity contribution >= 4 is 17.3 Å². The molecule has 0 amide bonds. The summed E-state index contributed by atoms with van der Waals surface area (Å²) in [5.74, 6) is 0.717. The Labute approximate surface area is 94.8 Å². The summed E-state index contributed by atoms with van der Waals surface area (Å²) in [6, 6.07) is 3.77. The zero-order valence-corrected chi connectivity index (χ0v) is 9.33. The zero-order valence-electron chi connectivity index (χ0n) is 8.58. The number of nitrogens with zero attached hydrogens (tertiary/aromatic N) is 1. The molecular formula is C11H15ClN2O. The smallest absolute Gasteiger partial charge is 0.131 e. The lowest BCUT2D eigenvalue weighted by Crippen LogP contribution is -2.08. The Bertz CT molecular complexity index is 313. The normalized spacial score (nSPS) is 20.5. The molecule has 3 nitrogen and oxygen atoms in total. The molecule has 1 aliphatic rings. The zero-order chi connectivity index (χ0) is 10.5. The maximum absolute atomic E-state index is 5.78. The highest BCUT2D eigenvalue weighted by molar-refractivity contribution is 6.29. The van der Waals surface area contributed by atoms with Gasteiger partial charge in [-0.15, -0.1) is 0 Å². The number of anilines is 1. The highest BCUT2D eigenvalue weighted by Gasteiger charge is 2.14. The number of aromatic nitrogens is 1. The minimum atomic E-state index is 0.532. The van der Waals surface area contributed by atoms with E-state index in [0.717, 1.165) is 37.8 Å². The lowest BCUT2D eigenvalue weighted by molar-refractivity contribution is 0.185. The molecule has 1 aromatic rings. The second-order valence-electron chi connectivity index (χ2n) is 3.81. The van der Waals surface area contributed by atoms with Gasteiger partial charge in [0.05, 0.1) is 0 Å². The van der Waals surface area contributed by atoms with Gasteiger partial charge in [-0.05, 0) is 30.9 Å². The molecule has 2 rings (SSSR count). The predicted octanol–water partition coefficient (Wildman–Crippen LogP) is 2.57. The molecule has 1 unspecified atom stereocenters. The van der Waals surface area contributed by atoms with Gasteiger partial charge in [0.25, 0.3) is 0 Å². The summed E-state index contributed by atoms with van der Waals surface area (Å²) >= 11 is 5.78. The van der Waals surface area contributed by atoms with Gasteiger partial charge in [0.15, 0.2) is 0 Å². The standard InChI is InChI=1S/C11H15ClN2O/c12-11-7-10(2-5-14-11)13-4-1-9-3-6-15-8-9/h2,5,7,9H,1,3-4,6,8H2,(H,13,14). The van der Waals surface area contributed by atoms with E-state index >= 15 is 0 Å². The second-order valence-corrected chi connectivity index (χ2v) is 4.20. The minimum Gasteiger partial charge on any atom is -0.385 e. The maximum Gasteiger partial charge on any atom is 0.131 e. The molecule has 1 aliphatic heterocycles. The molecule has 0 aromatic carbocycles. The Hall–Kier alpha value is -0.800. The first kappa shape index (κ1) is 10.7. The van der Waals surface area contributed by atoms with Crippen LogP contribution in [0, 0.1) is 5.92 Å². The lowest BCUT2D eigenvalue weighted by atomic mass is 10.1. The molecule has 1 fully saturated rings. The van der Waals surface area contributed by atoms with Gasteiger partial charge in [0.2, 0.25) is 0 Å². The Morgan fingerprint density at radius 3 is 3.27 bits per heavy atom. The van der Waals surface area contributed by atoms with Crippen LogP contribution in [-0.4, -0.2) is 24.7 Å². The van der Waals surface area contributed by atoms with Crippen molar-refractivity contribution in [2.24, 2.45) is 5.92 Å². The van der Waals surface area contributed by atoms with Gasteiger partial charge in [0.1, 0.15) is 5.15 Å². The van der Waals surface area contributed by atoms with Gasteiger partial charge >= 0.3 is 0 Å². The predicted molar refractivity (Wildman–Crippen MR) is 61.3 cm³/mol. The van der Waals surface area contributed by atoms with E-state index in [4.69, 9.17) is 16.3 Å². The quantitative estimate of drug-likeness (QED) is 0.802. The van der Waals surface area contributed by atoms with Crippen molar-refractivity contribution in [2.75, 3.05) is 25.1 Å². The van der Waals surface area contributed by atoms with Gasteiger partial charge < -0.3 is 10.1 Å². The summed E-state index contributed by atoms with van der Waals surface area (Å²) in [7, 11) is 0. The van der Waals surface area contributed by atoms with E-state index in [-0.39, 0.29) is 0 Å². The van der Waals surface area contributed by atoms with Gasteiger partial charge in [-0.2, -0.15) is 0 Å². The third kappa shape index (κ3) is 3.36. The number of ether oxygens (including phenoxy) is 1. The topological polar surface area (TPSA) is 34.1 Å². The fourth-order valence-corrected chi connectivity index (χ4v) is 1.92. The first-order chi connectivity index (χ1) is 7.34. The third-order valence-electron chi connectivity index (χ3n) is 2.63. The summed E-state index contributed by atoms with van der Waals surface area (Å²) < 4.78 is 5.32. The van der Waals surface area contributed by atoms with E-state index in [0.29, 0.717) is 5.15 Å². The summed E-state index contributed by atoms with van der Waals surface area (Å²) in [4.78, 5) is 3.93. The molecule has 2 heterocycles. The summed E-state index contributed by atoms with van der Waals surface area (Å²) in [5.41, 5.74) is 1.04. The molecule has 4 heteroatoms. The van der Waals surface area contributed by atoms with Crippen LogP contribution in [0.25, 0.3) is 0 Å². The van der Waals surface area contributed by atoms with Crippen molar-refractivity contribution in [3.8, 4) is 0 Å². The van der Waals surface area contributed by atoms with E-state index < -0.39 is 0 Å². The van der Waals surface area contributed by atoms with E-state index in [1.54, 1.807) is 6.20 Å². The van der Waals surface area contributed by atoms with Gasteiger partial charge in [-0.25, -0.2) is 4.98 Å². The van der Waals surface area contributed by atoms with Crippen molar-refractivity contribution in [2.45, 2.75) is 12.8 Å². The van der Waals surface area contributed by atoms with Crippen LogP contribution in [0.4, 0.5) is 5.69 Å². The maximum atomic E-state index is 5.78. The summed E-state index contributed by atoms with van der Waals surface area (Å²) in [5, 5.41) is 3.86. The Morgan fingerprint density at radius 2 is 2.53 bits per heavy atom. The van der Waals surface area contributed by atoms with Crippen LogP contribution < -0.4 is 5.32 Å². The molecule has 0 aliphatic carbocycles. The van der Waals surface area contributed by atoms with Crippen molar-refractivity contribution in [3.63, 3.8) is 0 Å². The molecule has 0 spiro atoms. The highest BCUT2D eigenvalue weighted by Crippen LogP contribution is 2.17. The van der Waals surface area contributed by atoms with Crippen molar-refractivity contribution in [3.05, 3.63) is 23.5 Å². The van der Waals surface area contributed by atoms with Gasteiger partial charge in [-0.3, -0.25) is 0 Å². The third-order valence-corrected chi connectivity index (χ3v) is 2.84. The Kier molecular flexibility index (Phi) is 3.80. The van der Waals surface area contributed by atoms with Crippen molar-refractivity contribution < 1.29 is 4.74 Å². The monoisotopic (exact) mass is 226 g/mol. The molecule has 0 bridgehead atoms. The molecule has 0 saturated carbocycles. The SMILES string of the molecule is Clc1cc(NCCC2CCOC2)ccn1. The van der Waals surface area contributed by atoms with Gasteiger partial charge in [-0.1, -0.05) is 11.6 Å². The minimum absolute atomic E-state index is 0.532. The highest BCUT2D eigenvalue weighted by atomic mass is 35.5. The summed E-state index contributed by atoms with van der Waals surface area (Å²) in [6.07, 6.45) is 4.06. The van der Waals surface area contributed by atoms with Crippen LogP contribution in [0.15, 0.2) is 18.3 Å². The lowest BCUT2D eigenvalue weighted by Gasteiger charge is -2.09. The molecule has 82 valence electrons. The fraction of sp³-hybridized carbons (Fsp3) is 0.545. The molecule has 1 atom stereocenters. The average Bonchev–Trinajstić information content (AvgIpc) is 2.71. The number of halogens is 1. The van der Waals surface area contributed by atoms with Crippen LogP contribution in [0.2, 0.25) is 5.15 Å². The van der Waals surface area contributed by atoms with Crippen LogP contribution in [0.5, 0.6) is 0 Å². The Morgan fingerprint density at radius 1 is 1.60 bits per heavy atom. The number of nitrogens with one attached hydrogen (secondary N) is 1. The van der Waals surface area contributed by atoms with Crippen LogP contribution in [0.1, 0.15) is 12.8 Å². The second kappa shape index (κ2) is 5.33. The van der Waals surface area contributed by atoms with Gasteiger partial charge in [0, 0.05) is 31.6 Å². The molecule has 1 saturated heterocycles. The number of hydrogen-bond acceptors (Lipinski definition) is 3. The molecule has 15 heavy (non-hydrogen) atoms. The molecule has 1 aromatic heterocycles. The van der Waals surface area contributed by atoms with Crippen LogP contribution in [-0.2, 0) is 4.74 Å². The largest absolute Gasteiger partial charge is 0.385 e.